The van der Waals surface area contributed by atoms with Gasteiger partial charge in [-0.1, -0.05) is 58.4 Å². The van der Waals surface area contributed by atoms with Crippen molar-refractivity contribution in [3.8, 4) is 0 Å². The molecule has 0 saturated carbocycles. The summed E-state index contributed by atoms with van der Waals surface area (Å²) in [5.41, 5.74) is 1.58. The smallest absolute Gasteiger partial charge is 0.431 e. The largest absolute Gasteiger partial charge is 0.463 e. The van der Waals surface area contributed by atoms with Crippen LogP contribution in [0.1, 0.15) is 18.1 Å². The van der Waals surface area contributed by atoms with Crippen molar-refractivity contribution in [2.75, 3.05) is 11.9 Å². The first-order valence-electron chi connectivity index (χ1n) is 8.68. The molecule has 2 aromatic carbocycles. The summed E-state index contributed by atoms with van der Waals surface area (Å²) < 4.78 is 13.1. The second-order valence-electron chi connectivity index (χ2n) is 6.25. The van der Waals surface area contributed by atoms with Crippen LogP contribution in [0, 0.1) is 5.82 Å². The van der Waals surface area contributed by atoms with Crippen LogP contribution in [-0.2, 0) is 22.8 Å². The molecule has 0 aromatic heterocycles. The van der Waals surface area contributed by atoms with Crippen molar-refractivity contribution < 1.29 is 23.9 Å². The Morgan fingerprint density at radius 2 is 1.75 bits per heavy atom. The van der Waals surface area contributed by atoms with Gasteiger partial charge >= 0.3 is 6.09 Å². The van der Waals surface area contributed by atoms with E-state index in [4.69, 9.17) is 4.84 Å². The maximum absolute atomic E-state index is 13.1. The molecule has 2 amide bonds. The lowest BCUT2D eigenvalue weighted by atomic mass is 10.2. The number of nitrogens with zero attached hydrogens (tertiary/aromatic N) is 2. The first-order chi connectivity index (χ1) is 13.4. The van der Waals surface area contributed by atoms with E-state index in [0.717, 1.165) is 16.2 Å². The maximum atomic E-state index is 13.1. The molecule has 150 valence electrons. The minimum atomic E-state index is -1.24. The number of halogens is 2. The van der Waals surface area contributed by atoms with Crippen LogP contribution in [-0.4, -0.2) is 45.0 Å². The van der Waals surface area contributed by atoms with Gasteiger partial charge in [-0.3, -0.25) is 9.63 Å². The summed E-state index contributed by atoms with van der Waals surface area (Å²) in [5, 5.41) is 10.4. The Hall–Kier alpha value is -2.45. The van der Waals surface area contributed by atoms with Gasteiger partial charge in [0.15, 0.2) is 0 Å². The summed E-state index contributed by atoms with van der Waals surface area (Å²) in [6, 6.07) is 14.4. The molecule has 1 unspecified atom stereocenters. The summed E-state index contributed by atoms with van der Waals surface area (Å²) in [4.78, 5) is 30.9. The van der Waals surface area contributed by atoms with Crippen LogP contribution in [0.15, 0.2) is 54.6 Å². The van der Waals surface area contributed by atoms with E-state index in [1.807, 2.05) is 30.3 Å². The maximum Gasteiger partial charge on any atom is 0.431 e. The molecule has 0 fully saturated rings. The molecule has 0 aliphatic rings. The summed E-state index contributed by atoms with van der Waals surface area (Å²) in [6.45, 7) is 2.13. The number of carbonyl (C=O) groups excluding carboxylic acids is 1. The standard InChI is InChI=1S/C20H22BrFN2O4/c1-15(24(20(26)27)28-14-17-5-3-2-4-6-17)12-23(19(25)11-21)13-16-7-9-18(22)10-8-16/h2-10,15H,11-14H2,1H3,(H,26,27). The molecular formula is C20H22BrFN2O4. The topological polar surface area (TPSA) is 70.1 Å². The molecule has 28 heavy (non-hydrogen) atoms. The first kappa shape index (κ1) is 21.8. The third-order valence-electron chi connectivity index (χ3n) is 4.04. The normalized spacial score (nSPS) is 11.7. The van der Waals surface area contributed by atoms with E-state index >= 15 is 0 Å². The first-order valence-corrected chi connectivity index (χ1v) is 9.80. The highest BCUT2D eigenvalue weighted by atomic mass is 79.9. The van der Waals surface area contributed by atoms with Crippen molar-refractivity contribution in [3.63, 3.8) is 0 Å². The van der Waals surface area contributed by atoms with Crippen LogP contribution in [0.5, 0.6) is 0 Å². The fraction of sp³-hybridized carbons (Fsp3) is 0.300. The van der Waals surface area contributed by atoms with E-state index in [9.17, 15) is 19.1 Å². The number of hydrogen-bond acceptors (Lipinski definition) is 3. The number of carbonyl (C=O) groups is 2. The Balaban J connectivity index is 2.05. The fourth-order valence-electron chi connectivity index (χ4n) is 2.63. The molecule has 0 radical (unpaired) electrons. The second-order valence-corrected chi connectivity index (χ2v) is 6.81. The molecule has 0 bridgehead atoms. The number of carboxylic acid groups (broad SMARTS) is 1. The van der Waals surface area contributed by atoms with Gasteiger partial charge in [0.1, 0.15) is 12.4 Å². The van der Waals surface area contributed by atoms with Gasteiger partial charge in [0, 0.05) is 13.1 Å². The predicted molar refractivity (Wildman–Crippen MR) is 106 cm³/mol. The Morgan fingerprint density at radius 3 is 2.32 bits per heavy atom. The highest BCUT2D eigenvalue weighted by molar-refractivity contribution is 9.09. The molecule has 0 saturated heterocycles. The quantitative estimate of drug-likeness (QED) is 0.460. The number of hydroxylamine groups is 2. The molecule has 8 heteroatoms. The van der Waals surface area contributed by atoms with Gasteiger partial charge in [0.05, 0.1) is 11.4 Å². The predicted octanol–water partition coefficient (Wildman–Crippen LogP) is 4.05. The van der Waals surface area contributed by atoms with Gasteiger partial charge in [0.2, 0.25) is 5.91 Å². The minimum absolute atomic E-state index is 0.0961. The van der Waals surface area contributed by atoms with Crippen LogP contribution in [0.4, 0.5) is 9.18 Å². The van der Waals surface area contributed by atoms with E-state index < -0.39 is 12.1 Å². The van der Waals surface area contributed by atoms with Gasteiger partial charge in [-0.25, -0.2) is 9.18 Å². The number of amides is 2. The van der Waals surface area contributed by atoms with Crippen molar-refractivity contribution in [3.05, 3.63) is 71.5 Å². The van der Waals surface area contributed by atoms with Crippen LogP contribution in [0.3, 0.4) is 0 Å². The van der Waals surface area contributed by atoms with Gasteiger partial charge in [-0.15, -0.1) is 0 Å². The Labute approximate surface area is 171 Å². The highest BCUT2D eigenvalue weighted by Crippen LogP contribution is 2.13. The average molecular weight is 453 g/mol. The summed E-state index contributed by atoms with van der Waals surface area (Å²) in [5.74, 6) is -0.563. The average Bonchev–Trinajstić information content (AvgIpc) is 2.69. The fourth-order valence-corrected chi connectivity index (χ4v) is 2.99. The zero-order valence-corrected chi connectivity index (χ0v) is 17.0. The minimum Gasteiger partial charge on any atom is -0.463 e. The van der Waals surface area contributed by atoms with E-state index in [-0.39, 0.29) is 36.8 Å². The number of rotatable bonds is 9. The van der Waals surface area contributed by atoms with E-state index in [1.54, 1.807) is 19.1 Å². The third-order valence-corrected chi connectivity index (χ3v) is 4.52. The van der Waals surface area contributed by atoms with Crippen molar-refractivity contribution in [2.24, 2.45) is 0 Å². The van der Waals surface area contributed by atoms with Crippen molar-refractivity contribution in [1.29, 1.82) is 0 Å². The highest BCUT2D eigenvalue weighted by Gasteiger charge is 2.25. The van der Waals surface area contributed by atoms with Gasteiger partial charge in [0.25, 0.3) is 0 Å². The van der Waals surface area contributed by atoms with E-state index in [1.165, 1.54) is 17.0 Å². The van der Waals surface area contributed by atoms with E-state index in [0.29, 0.717) is 0 Å². The summed E-state index contributed by atoms with van der Waals surface area (Å²) in [6.07, 6.45) is -1.24. The van der Waals surface area contributed by atoms with Crippen LogP contribution in [0.2, 0.25) is 0 Å². The van der Waals surface area contributed by atoms with Gasteiger partial charge in [-0.2, -0.15) is 5.06 Å². The molecule has 0 aliphatic carbocycles. The monoisotopic (exact) mass is 452 g/mol. The van der Waals surface area contributed by atoms with Gasteiger partial charge in [-0.05, 0) is 30.2 Å². The number of benzene rings is 2. The molecule has 2 rings (SSSR count). The number of alkyl halides is 1. The molecule has 1 N–H and O–H groups in total. The summed E-state index contributed by atoms with van der Waals surface area (Å²) in [7, 11) is 0. The SMILES string of the molecule is CC(CN(Cc1ccc(F)cc1)C(=O)CBr)N(OCc1ccccc1)C(=O)O. The molecule has 0 aliphatic heterocycles. The van der Waals surface area contributed by atoms with Gasteiger partial charge < -0.3 is 10.0 Å². The summed E-state index contributed by atoms with van der Waals surface area (Å²) >= 11 is 3.15. The molecule has 1 atom stereocenters. The molecule has 0 heterocycles. The molecule has 0 spiro atoms. The van der Waals surface area contributed by atoms with Crippen molar-refractivity contribution in [2.45, 2.75) is 26.1 Å². The van der Waals surface area contributed by atoms with Crippen molar-refractivity contribution >= 4 is 27.9 Å². The zero-order valence-electron chi connectivity index (χ0n) is 15.4. The van der Waals surface area contributed by atoms with Crippen LogP contribution in [0.25, 0.3) is 0 Å². The van der Waals surface area contributed by atoms with Crippen molar-refractivity contribution in [1.82, 2.24) is 9.96 Å². The Kier molecular flexibility index (Phi) is 8.41. The molecular weight excluding hydrogens is 431 g/mol. The molecule has 2 aromatic rings. The Bertz CT molecular complexity index is 774. The lowest BCUT2D eigenvalue weighted by Gasteiger charge is -2.31. The van der Waals surface area contributed by atoms with Crippen LogP contribution < -0.4 is 0 Å². The Morgan fingerprint density at radius 1 is 1.11 bits per heavy atom. The lowest BCUT2D eigenvalue weighted by Crippen LogP contribution is -2.46. The molecule has 6 nitrogen and oxygen atoms in total. The lowest BCUT2D eigenvalue weighted by molar-refractivity contribution is -0.168. The second kappa shape index (κ2) is 10.8. The van der Waals surface area contributed by atoms with E-state index in [2.05, 4.69) is 15.9 Å². The zero-order chi connectivity index (χ0) is 20.5. The van der Waals surface area contributed by atoms with Crippen LogP contribution >= 0.6 is 15.9 Å². The third kappa shape index (κ3) is 6.61. The number of hydrogen-bond donors (Lipinski definition) is 1.